The summed E-state index contributed by atoms with van der Waals surface area (Å²) in [6.07, 6.45) is 0.781. The summed E-state index contributed by atoms with van der Waals surface area (Å²) in [6.45, 7) is 1.87. The predicted molar refractivity (Wildman–Crippen MR) is 122 cm³/mol. The van der Waals surface area contributed by atoms with Crippen molar-refractivity contribution in [2.45, 2.75) is 38.3 Å². The molecular weight excluding hydrogens is 438 g/mol. The van der Waals surface area contributed by atoms with Gasteiger partial charge < -0.3 is 25.0 Å². The number of amides is 2. The van der Waals surface area contributed by atoms with Gasteiger partial charge in [-0.3, -0.25) is 9.59 Å². The van der Waals surface area contributed by atoms with Crippen molar-refractivity contribution in [3.05, 3.63) is 77.2 Å². The highest BCUT2D eigenvalue weighted by Gasteiger charge is 2.29. The van der Waals surface area contributed by atoms with Gasteiger partial charge in [-0.25, -0.2) is 4.79 Å². The topological polar surface area (TPSA) is 131 Å². The highest BCUT2D eigenvalue weighted by atomic mass is 16.5. The fourth-order valence-corrected chi connectivity index (χ4v) is 4.15. The van der Waals surface area contributed by atoms with Gasteiger partial charge >= 0.3 is 12.1 Å². The molecule has 3 aromatic rings. The van der Waals surface area contributed by atoms with E-state index in [9.17, 15) is 14.4 Å². The highest BCUT2D eigenvalue weighted by molar-refractivity contribution is 5.95. The molecule has 0 unspecified atom stereocenters. The van der Waals surface area contributed by atoms with Gasteiger partial charge in [-0.1, -0.05) is 60.6 Å². The van der Waals surface area contributed by atoms with Crippen LogP contribution in [-0.2, 0) is 16.1 Å². The lowest BCUT2D eigenvalue weighted by Gasteiger charge is -2.15. The van der Waals surface area contributed by atoms with Gasteiger partial charge in [-0.2, -0.15) is 0 Å². The summed E-state index contributed by atoms with van der Waals surface area (Å²) in [5, 5.41) is 18.0. The maximum absolute atomic E-state index is 12.5. The number of aromatic nitrogens is 1. The van der Waals surface area contributed by atoms with Crippen molar-refractivity contribution >= 4 is 18.0 Å². The molecule has 2 aromatic carbocycles. The van der Waals surface area contributed by atoms with Gasteiger partial charge in [0.25, 0.3) is 5.91 Å². The molecule has 9 nitrogen and oxygen atoms in total. The maximum atomic E-state index is 12.5. The van der Waals surface area contributed by atoms with Crippen molar-refractivity contribution in [2.75, 3.05) is 6.61 Å². The third-order valence-electron chi connectivity index (χ3n) is 5.88. The standard InChI is InChI=1S/C25H25N3O6/c1-2-15(11-23(29)30)27-24(31)21-14-34-28-22(21)12-26-25(32)33-13-20-18-9-5-3-7-16(18)17-8-4-6-10-19(17)20/h3-10,14-15,20H,2,11-13H2,1H3,(H,26,32)(H,27,31)(H,29,30)/t15-/m0/s1. The lowest BCUT2D eigenvalue weighted by atomic mass is 9.98. The molecular formula is C25H25N3O6. The van der Waals surface area contributed by atoms with Crippen molar-refractivity contribution in [3.8, 4) is 11.1 Å². The molecule has 2 amide bonds. The van der Waals surface area contributed by atoms with Gasteiger partial charge in [0, 0.05) is 12.0 Å². The Morgan fingerprint density at radius 1 is 1.09 bits per heavy atom. The van der Waals surface area contributed by atoms with Crippen molar-refractivity contribution in [2.24, 2.45) is 0 Å². The molecule has 0 spiro atoms. The van der Waals surface area contributed by atoms with E-state index in [1.165, 1.54) is 0 Å². The molecule has 1 atom stereocenters. The lowest BCUT2D eigenvalue weighted by molar-refractivity contribution is -0.137. The Hall–Kier alpha value is -4.14. The largest absolute Gasteiger partial charge is 0.481 e. The number of nitrogens with zero attached hydrogens (tertiary/aromatic N) is 1. The molecule has 0 aliphatic heterocycles. The normalized spacial score (nSPS) is 13.0. The van der Waals surface area contributed by atoms with E-state index in [1.54, 1.807) is 6.92 Å². The zero-order valence-corrected chi connectivity index (χ0v) is 18.6. The van der Waals surface area contributed by atoms with Crippen molar-refractivity contribution < 1.29 is 28.8 Å². The molecule has 3 N–H and O–H groups in total. The summed E-state index contributed by atoms with van der Waals surface area (Å²) in [7, 11) is 0. The summed E-state index contributed by atoms with van der Waals surface area (Å²) in [6, 6.07) is 15.6. The highest BCUT2D eigenvalue weighted by Crippen LogP contribution is 2.44. The minimum atomic E-state index is -1.00. The molecule has 1 aliphatic rings. The monoisotopic (exact) mass is 463 g/mol. The fraction of sp³-hybridized carbons (Fsp3) is 0.280. The number of nitrogens with one attached hydrogen (secondary N) is 2. The second-order valence-corrected chi connectivity index (χ2v) is 8.03. The molecule has 0 saturated carbocycles. The van der Waals surface area contributed by atoms with Crippen LogP contribution in [0.15, 0.2) is 59.3 Å². The zero-order chi connectivity index (χ0) is 24.1. The van der Waals surface area contributed by atoms with E-state index in [2.05, 4.69) is 27.9 Å². The van der Waals surface area contributed by atoms with Gasteiger partial charge in [0.15, 0.2) is 0 Å². The van der Waals surface area contributed by atoms with E-state index < -0.39 is 24.0 Å². The van der Waals surface area contributed by atoms with Crippen LogP contribution in [0.3, 0.4) is 0 Å². The first-order valence-electron chi connectivity index (χ1n) is 11.0. The molecule has 176 valence electrons. The molecule has 9 heteroatoms. The van der Waals surface area contributed by atoms with Crippen LogP contribution in [0.25, 0.3) is 11.1 Å². The zero-order valence-electron chi connectivity index (χ0n) is 18.6. The molecule has 34 heavy (non-hydrogen) atoms. The second-order valence-electron chi connectivity index (χ2n) is 8.03. The number of hydrogen-bond donors (Lipinski definition) is 3. The third-order valence-corrected chi connectivity index (χ3v) is 5.88. The Morgan fingerprint density at radius 3 is 2.35 bits per heavy atom. The number of benzene rings is 2. The van der Waals surface area contributed by atoms with Crippen LogP contribution < -0.4 is 10.6 Å². The van der Waals surface area contributed by atoms with Gasteiger partial charge in [0.1, 0.15) is 24.1 Å². The van der Waals surface area contributed by atoms with Crippen molar-refractivity contribution in [1.82, 2.24) is 15.8 Å². The first kappa shape index (κ1) is 23.0. The third kappa shape index (κ3) is 4.93. The molecule has 1 heterocycles. The summed E-state index contributed by atoms with van der Waals surface area (Å²) >= 11 is 0. The van der Waals surface area contributed by atoms with Crippen LogP contribution in [0.4, 0.5) is 4.79 Å². The Bertz CT molecular complexity index is 1160. The van der Waals surface area contributed by atoms with Gasteiger partial charge in [0.2, 0.25) is 0 Å². The van der Waals surface area contributed by atoms with Crippen LogP contribution >= 0.6 is 0 Å². The van der Waals surface area contributed by atoms with Gasteiger partial charge in [-0.05, 0) is 28.7 Å². The number of hydrogen-bond acceptors (Lipinski definition) is 6. The minimum absolute atomic E-state index is 0.0632. The number of ether oxygens (including phenoxy) is 1. The Morgan fingerprint density at radius 2 is 1.74 bits per heavy atom. The summed E-state index contributed by atoms with van der Waals surface area (Å²) in [4.78, 5) is 35.8. The number of carbonyl (C=O) groups is 3. The Kier molecular flexibility index (Phi) is 6.91. The van der Waals surface area contributed by atoms with Crippen LogP contribution in [0.2, 0.25) is 0 Å². The average molecular weight is 463 g/mol. The summed E-state index contributed by atoms with van der Waals surface area (Å²) in [5.74, 6) is -1.58. The molecule has 0 radical (unpaired) electrons. The van der Waals surface area contributed by atoms with E-state index >= 15 is 0 Å². The van der Waals surface area contributed by atoms with Crippen LogP contribution in [-0.4, -0.2) is 40.9 Å². The summed E-state index contributed by atoms with van der Waals surface area (Å²) < 4.78 is 10.4. The molecule has 1 aliphatic carbocycles. The molecule has 0 fully saturated rings. The molecule has 4 rings (SSSR count). The second kappa shape index (κ2) is 10.2. The van der Waals surface area contributed by atoms with E-state index in [1.807, 2.05) is 36.4 Å². The number of rotatable bonds is 9. The van der Waals surface area contributed by atoms with Crippen LogP contribution in [0, 0.1) is 0 Å². The van der Waals surface area contributed by atoms with E-state index in [0.29, 0.717) is 6.42 Å². The lowest BCUT2D eigenvalue weighted by Crippen LogP contribution is -2.36. The molecule has 1 aromatic heterocycles. The number of carbonyl (C=O) groups excluding carboxylic acids is 2. The van der Waals surface area contributed by atoms with Crippen molar-refractivity contribution in [3.63, 3.8) is 0 Å². The number of carboxylic acid groups (broad SMARTS) is 1. The first-order chi connectivity index (χ1) is 16.5. The quantitative estimate of drug-likeness (QED) is 0.441. The number of fused-ring (bicyclic) bond motifs is 3. The number of aliphatic carboxylic acids is 1. The predicted octanol–water partition coefficient (Wildman–Crippen LogP) is 3.70. The number of alkyl carbamates (subject to hydrolysis) is 1. The van der Waals surface area contributed by atoms with E-state index in [4.69, 9.17) is 14.4 Å². The SMILES string of the molecule is CC[C@@H](CC(=O)O)NC(=O)c1conc1CNC(=O)OCC1c2ccccc2-c2ccccc21. The fourth-order valence-electron chi connectivity index (χ4n) is 4.15. The van der Waals surface area contributed by atoms with Crippen molar-refractivity contribution in [1.29, 1.82) is 0 Å². The first-order valence-corrected chi connectivity index (χ1v) is 11.0. The Balaban J connectivity index is 1.34. The molecule has 0 bridgehead atoms. The summed E-state index contributed by atoms with van der Waals surface area (Å²) in [5.41, 5.74) is 4.84. The maximum Gasteiger partial charge on any atom is 0.407 e. The van der Waals surface area contributed by atoms with E-state index in [-0.39, 0.29) is 36.7 Å². The van der Waals surface area contributed by atoms with Crippen LogP contribution in [0.1, 0.15) is 52.9 Å². The van der Waals surface area contributed by atoms with E-state index in [0.717, 1.165) is 28.5 Å². The molecule has 0 saturated heterocycles. The van der Waals surface area contributed by atoms with Gasteiger partial charge in [0.05, 0.1) is 13.0 Å². The minimum Gasteiger partial charge on any atom is -0.481 e. The van der Waals surface area contributed by atoms with Gasteiger partial charge in [-0.15, -0.1) is 0 Å². The van der Waals surface area contributed by atoms with Crippen LogP contribution in [0.5, 0.6) is 0 Å². The smallest absolute Gasteiger partial charge is 0.407 e. The Labute approximate surface area is 196 Å². The average Bonchev–Trinajstić information content (AvgIpc) is 3.43. The number of carboxylic acids is 1.